The van der Waals surface area contributed by atoms with Crippen molar-refractivity contribution in [3.63, 3.8) is 0 Å². The van der Waals surface area contributed by atoms with Crippen LogP contribution in [-0.4, -0.2) is 0 Å². The summed E-state index contributed by atoms with van der Waals surface area (Å²) in [4.78, 5) is 1.30. The van der Waals surface area contributed by atoms with Gasteiger partial charge in [-0.2, -0.15) is 0 Å². The lowest BCUT2D eigenvalue weighted by Crippen LogP contribution is -2.13. The number of benzene rings is 2. The molecule has 0 unspecified atom stereocenters. The molecule has 0 bridgehead atoms. The molecule has 26 heavy (non-hydrogen) atoms. The van der Waals surface area contributed by atoms with Gasteiger partial charge >= 0.3 is 0 Å². The summed E-state index contributed by atoms with van der Waals surface area (Å²) in [5.41, 5.74) is 2.69. The first-order valence-corrected chi connectivity index (χ1v) is 11.2. The lowest BCUT2D eigenvalue weighted by atomic mass is 9.77. The highest BCUT2D eigenvalue weighted by atomic mass is 32.2. The molecule has 3 rings (SSSR count). The largest absolute Gasteiger partial charge is 0.207 e. The summed E-state index contributed by atoms with van der Waals surface area (Å²) in [5.74, 6) is 2.46. The molecule has 2 heteroatoms. The predicted molar refractivity (Wildman–Crippen MR) is 111 cm³/mol. The first-order chi connectivity index (χ1) is 12.7. The Morgan fingerprint density at radius 2 is 1.58 bits per heavy atom. The van der Waals surface area contributed by atoms with Gasteiger partial charge in [0, 0.05) is 10.6 Å². The summed E-state index contributed by atoms with van der Waals surface area (Å²) >= 11 is 1.82. The average molecular weight is 371 g/mol. The van der Waals surface area contributed by atoms with E-state index in [0.717, 1.165) is 17.6 Å². The van der Waals surface area contributed by atoms with Gasteiger partial charge in [0.1, 0.15) is 5.82 Å². The van der Waals surface area contributed by atoms with Crippen LogP contribution in [0.15, 0.2) is 53.4 Å². The Labute approximate surface area is 162 Å². The van der Waals surface area contributed by atoms with Crippen molar-refractivity contribution in [1.29, 1.82) is 0 Å². The molecule has 0 heterocycles. The minimum atomic E-state index is -0.164. The lowest BCUT2D eigenvalue weighted by Gasteiger charge is -2.29. The molecule has 0 N–H and O–H groups in total. The Balaban J connectivity index is 1.45. The molecular weight excluding hydrogens is 339 g/mol. The van der Waals surface area contributed by atoms with Gasteiger partial charge in [-0.1, -0.05) is 56.9 Å². The van der Waals surface area contributed by atoms with Gasteiger partial charge < -0.3 is 0 Å². The minimum Gasteiger partial charge on any atom is -0.207 e. The normalized spacial score (nSPS) is 20.2. The molecule has 2 aromatic carbocycles. The second-order valence-electron chi connectivity index (χ2n) is 7.70. The van der Waals surface area contributed by atoms with Crippen molar-refractivity contribution in [2.75, 3.05) is 0 Å². The zero-order valence-electron chi connectivity index (χ0n) is 15.9. The van der Waals surface area contributed by atoms with E-state index >= 15 is 0 Å². The van der Waals surface area contributed by atoms with Crippen LogP contribution in [0.2, 0.25) is 0 Å². The zero-order chi connectivity index (χ0) is 18.2. The molecule has 140 valence electrons. The smallest absolute Gasteiger partial charge is 0.123 e. The second kappa shape index (κ2) is 10.2. The van der Waals surface area contributed by atoms with Gasteiger partial charge in [0.25, 0.3) is 0 Å². The molecule has 0 radical (unpaired) electrons. The first-order valence-electron chi connectivity index (χ1n) is 10.2. The molecule has 0 amide bonds. The number of hydrogen-bond donors (Lipinski definition) is 0. The third kappa shape index (κ3) is 5.87. The summed E-state index contributed by atoms with van der Waals surface area (Å²) in [6.07, 6.45) is 11.1. The molecule has 1 aliphatic carbocycles. The fourth-order valence-corrected chi connectivity index (χ4v) is 4.91. The molecule has 0 spiro atoms. The molecule has 0 saturated heterocycles. The van der Waals surface area contributed by atoms with Crippen molar-refractivity contribution in [3.8, 4) is 0 Å². The predicted octanol–water partition coefficient (Wildman–Crippen LogP) is 7.97. The summed E-state index contributed by atoms with van der Waals surface area (Å²) in [6.45, 7) is 2.29. The molecule has 2 aromatic rings. The van der Waals surface area contributed by atoms with E-state index in [0.29, 0.717) is 0 Å². The van der Waals surface area contributed by atoms with E-state index in [2.05, 4.69) is 31.2 Å². The van der Waals surface area contributed by atoms with Gasteiger partial charge in [-0.05, 0) is 72.9 Å². The van der Waals surface area contributed by atoms with Gasteiger partial charge in [0.15, 0.2) is 0 Å². The Kier molecular flexibility index (Phi) is 7.61. The summed E-state index contributed by atoms with van der Waals surface area (Å²) in [6, 6.07) is 16.0. The Morgan fingerprint density at radius 3 is 2.23 bits per heavy atom. The van der Waals surface area contributed by atoms with E-state index in [-0.39, 0.29) is 5.82 Å². The van der Waals surface area contributed by atoms with Crippen LogP contribution in [0.25, 0.3) is 0 Å². The Hall–Kier alpha value is -1.28. The maximum atomic E-state index is 13.0. The van der Waals surface area contributed by atoms with Crippen molar-refractivity contribution in [2.24, 2.45) is 5.92 Å². The van der Waals surface area contributed by atoms with Gasteiger partial charge in [0.05, 0.1) is 0 Å². The van der Waals surface area contributed by atoms with Crippen LogP contribution in [0.1, 0.15) is 75.3 Å². The fourth-order valence-electron chi connectivity index (χ4n) is 4.05. The van der Waals surface area contributed by atoms with E-state index in [1.165, 1.54) is 79.5 Å². The van der Waals surface area contributed by atoms with Gasteiger partial charge in [-0.15, -0.1) is 11.8 Å². The highest BCUT2D eigenvalue weighted by molar-refractivity contribution is 7.98. The molecule has 0 aromatic heterocycles. The molecule has 0 atom stereocenters. The maximum Gasteiger partial charge on any atom is 0.123 e. The maximum absolute atomic E-state index is 13.0. The van der Waals surface area contributed by atoms with Gasteiger partial charge in [-0.25, -0.2) is 4.39 Å². The van der Waals surface area contributed by atoms with Crippen molar-refractivity contribution >= 4 is 11.8 Å². The second-order valence-corrected chi connectivity index (χ2v) is 8.75. The number of thioether (sulfide) groups is 1. The van der Waals surface area contributed by atoms with Gasteiger partial charge in [0.2, 0.25) is 0 Å². The Bertz CT molecular complexity index is 639. The highest BCUT2D eigenvalue weighted by Crippen LogP contribution is 2.38. The van der Waals surface area contributed by atoms with E-state index in [9.17, 15) is 4.39 Å². The standard InChI is InChI=1S/C24H31FS/c1-2-3-4-5-19-6-10-21(11-7-19)22-12-16-24(17-13-22)26-18-20-8-14-23(25)15-9-20/h8-9,12-17,19,21H,2-7,10-11,18H2,1H3/t19-,21-. The van der Waals surface area contributed by atoms with E-state index in [1.54, 1.807) is 0 Å². The van der Waals surface area contributed by atoms with E-state index in [4.69, 9.17) is 0 Å². The topological polar surface area (TPSA) is 0 Å². The van der Waals surface area contributed by atoms with Crippen LogP contribution in [0.5, 0.6) is 0 Å². The number of rotatable bonds is 8. The molecule has 0 aliphatic heterocycles. The summed E-state index contributed by atoms with van der Waals surface area (Å²) in [7, 11) is 0. The van der Waals surface area contributed by atoms with Crippen LogP contribution in [0.4, 0.5) is 4.39 Å². The van der Waals surface area contributed by atoms with Gasteiger partial charge in [-0.3, -0.25) is 0 Å². The fraction of sp³-hybridized carbons (Fsp3) is 0.500. The van der Waals surface area contributed by atoms with Crippen molar-refractivity contribution in [3.05, 3.63) is 65.5 Å². The SMILES string of the molecule is CCCCC[C@H]1CC[C@H](c2ccc(SCc3ccc(F)cc3)cc2)CC1. The number of halogens is 1. The van der Waals surface area contributed by atoms with Crippen molar-refractivity contribution in [2.45, 2.75) is 74.9 Å². The highest BCUT2D eigenvalue weighted by Gasteiger charge is 2.21. The lowest BCUT2D eigenvalue weighted by molar-refractivity contribution is 0.303. The zero-order valence-corrected chi connectivity index (χ0v) is 16.7. The van der Waals surface area contributed by atoms with Crippen LogP contribution in [0.3, 0.4) is 0 Å². The Morgan fingerprint density at radius 1 is 0.885 bits per heavy atom. The minimum absolute atomic E-state index is 0.164. The first kappa shape index (κ1) is 19.5. The molecule has 1 saturated carbocycles. The van der Waals surface area contributed by atoms with Crippen LogP contribution in [-0.2, 0) is 5.75 Å². The monoisotopic (exact) mass is 370 g/mol. The average Bonchev–Trinajstić information content (AvgIpc) is 2.69. The molecular formula is C24H31FS. The van der Waals surface area contributed by atoms with Crippen molar-refractivity contribution in [1.82, 2.24) is 0 Å². The number of unbranched alkanes of at least 4 members (excludes halogenated alkanes) is 2. The van der Waals surface area contributed by atoms with Crippen LogP contribution < -0.4 is 0 Å². The van der Waals surface area contributed by atoms with Crippen molar-refractivity contribution < 1.29 is 4.39 Å². The molecule has 1 fully saturated rings. The van der Waals surface area contributed by atoms with E-state index in [1.807, 2.05) is 23.9 Å². The summed E-state index contributed by atoms with van der Waals surface area (Å²) < 4.78 is 13.0. The third-order valence-corrected chi connectivity index (χ3v) is 6.82. The summed E-state index contributed by atoms with van der Waals surface area (Å²) in [5, 5.41) is 0. The third-order valence-electron chi connectivity index (χ3n) is 5.73. The molecule has 1 aliphatic rings. The van der Waals surface area contributed by atoms with Crippen LogP contribution >= 0.6 is 11.8 Å². The van der Waals surface area contributed by atoms with E-state index < -0.39 is 0 Å². The quantitative estimate of drug-likeness (QED) is 0.335. The number of hydrogen-bond acceptors (Lipinski definition) is 1. The molecule has 0 nitrogen and oxygen atoms in total. The van der Waals surface area contributed by atoms with Crippen LogP contribution in [0, 0.1) is 11.7 Å².